The van der Waals surface area contributed by atoms with E-state index in [1.54, 1.807) is 27.7 Å². The molecule has 0 bridgehead atoms. The normalized spacial score (nSPS) is 12.8. The summed E-state index contributed by atoms with van der Waals surface area (Å²) in [6.45, 7) is 10.9. The molecule has 122 valence electrons. The summed E-state index contributed by atoms with van der Waals surface area (Å²) < 4.78 is 10.1. The highest BCUT2D eigenvalue weighted by Gasteiger charge is 2.28. The summed E-state index contributed by atoms with van der Waals surface area (Å²) in [6, 6.07) is -0.744. The maximum atomic E-state index is 12.0. The van der Waals surface area contributed by atoms with E-state index in [0.29, 0.717) is 0 Å². The van der Waals surface area contributed by atoms with Crippen LogP contribution in [0.4, 0.5) is 4.79 Å². The summed E-state index contributed by atoms with van der Waals surface area (Å²) in [5.41, 5.74) is -0.635. The maximum absolute atomic E-state index is 12.0. The van der Waals surface area contributed by atoms with Crippen molar-refractivity contribution in [3.8, 4) is 0 Å². The van der Waals surface area contributed by atoms with Gasteiger partial charge in [-0.25, -0.2) is 4.79 Å². The van der Waals surface area contributed by atoms with Crippen LogP contribution in [0.5, 0.6) is 0 Å². The topological polar surface area (TPSA) is 72.9 Å². The first-order valence-electron chi connectivity index (χ1n) is 7.08. The lowest BCUT2D eigenvalue weighted by atomic mass is 10.1. The molecule has 0 spiro atoms. The number of carbonyl (C=O) groups is 3. The molecule has 0 aliphatic heterocycles. The molecule has 0 heterocycles. The third-order valence-electron chi connectivity index (χ3n) is 2.62. The molecule has 0 saturated heterocycles. The fraction of sp³-hybridized carbons (Fsp3) is 0.800. The lowest BCUT2D eigenvalue weighted by Gasteiger charge is -2.27. The van der Waals surface area contributed by atoms with Crippen LogP contribution in [-0.2, 0) is 19.1 Å². The molecule has 0 fully saturated rings. The van der Waals surface area contributed by atoms with Gasteiger partial charge in [-0.2, -0.15) is 0 Å². The molecule has 6 heteroatoms. The van der Waals surface area contributed by atoms with Gasteiger partial charge in [-0.1, -0.05) is 13.8 Å². The predicted molar refractivity (Wildman–Crippen MR) is 78.9 cm³/mol. The summed E-state index contributed by atoms with van der Waals surface area (Å²) in [5.74, 6) is -0.735. The second-order valence-electron chi connectivity index (χ2n) is 6.49. The Hall–Kier alpha value is -1.59. The Morgan fingerprint density at radius 3 is 2.05 bits per heavy atom. The van der Waals surface area contributed by atoms with Gasteiger partial charge >= 0.3 is 12.1 Å². The van der Waals surface area contributed by atoms with Crippen LogP contribution in [0.25, 0.3) is 0 Å². The Bertz CT molecular complexity index is 384. The molecule has 0 aliphatic carbocycles. The number of carbonyl (C=O) groups excluding carboxylic acids is 3. The highest BCUT2D eigenvalue weighted by Crippen LogP contribution is 2.12. The average Bonchev–Trinajstić information content (AvgIpc) is 2.32. The van der Waals surface area contributed by atoms with Crippen LogP contribution in [0.1, 0.15) is 48.0 Å². The zero-order chi connectivity index (χ0) is 16.8. The van der Waals surface area contributed by atoms with Gasteiger partial charge in [0.2, 0.25) is 0 Å². The average molecular weight is 301 g/mol. The summed E-state index contributed by atoms with van der Waals surface area (Å²) >= 11 is 0. The molecule has 0 aromatic rings. The Morgan fingerprint density at radius 1 is 1.10 bits per heavy atom. The van der Waals surface area contributed by atoms with Gasteiger partial charge in [-0.15, -0.1) is 0 Å². The fourth-order valence-corrected chi connectivity index (χ4v) is 1.31. The van der Waals surface area contributed by atoms with E-state index in [-0.39, 0.29) is 24.7 Å². The summed E-state index contributed by atoms with van der Waals surface area (Å²) in [5, 5.41) is 0. The van der Waals surface area contributed by atoms with Gasteiger partial charge in [0.15, 0.2) is 5.78 Å². The number of hydrogen-bond acceptors (Lipinski definition) is 5. The predicted octanol–water partition coefficient (Wildman–Crippen LogP) is 2.40. The Balaban J connectivity index is 4.43. The van der Waals surface area contributed by atoms with Gasteiger partial charge in [0.25, 0.3) is 0 Å². The standard InChI is InChI=1S/C15H27NO5/c1-10(2)9-20-13(18)8-12(17)11(3)16(7)14(19)21-15(4,5)6/h10-11H,8-9H2,1-7H3/t11-/m0/s1. The molecule has 21 heavy (non-hydrogen) atoms. The van der Waals surface area contributed by atoms with Crippen molar-refractivity contribution >= 4 is 17.8 Å². The van der Waals surface area contributed by atoms with Crippen LogP contribution in [0.3, 0.4) is 0 Å². The number of ketones is 1. The summed E-state index contributed by atoms with van der Waals surface area (Å²) in [6.07, 6.45) is -0.944. The van der Waals surface area contributed by atoms with Crippen LogP contribution in [0, 0.1) is 5.92 Å². The van der Waals surface area contributed by atoms with Gasteiger partial charge < -0.3 is 14.4 Å². The van der Waals surface area contributed by atoms with Crippen molar-refractivity contribution in [1.82, 2.24) is 4.90 Å². The SMILES string of the molecule is CC(C)COC(=O)CC(=O)[C@H](C)N(C)C(=O)OC(C)(C)C. The van der Waals surface area contributed by atoms with E-state index in [0.717, 1.165) is 0 Å². The quantitative estimate of drug-likeness (QED) is 0.556. The number of likely N-dealkylation sites (N-methyl/N-ethyl adjacent to an activating group) is 1. The second-order valence-corrected chi connectivity index (χ2v) is 6.49. The van der Waals surface area contributed by atoms with Crippen LogP contribution in [0.2, 0.25) is 0 Å². The molecular formula is C15H27NO5. The van der Waals surface area contributed by atoms with Gasteiger partial charge in [0.1, 0.15) is 12.0 Å². The third kappa shape index (κ3) is 8.32. The minimum atomic E-state index is -0.744. The maximum Gasteiger partial charge on any atom is 0.410 e. The Kier molecular flexibility index (Phi) is 7.39. The van der Waals surface area contributed by atoms with E-state index < -0.39 is 23.7 Å². The zero-order valence-corrected chi connectivity index (χ0v) is 14.1. The van der Waals surface area contributed by atoms with E-state index in [1.807, 2.05) is 13.8 Å². The number of ether oxygens (including phenoxy) is 2. The number of hydrogen-bond donors (Lipinski definition) is 0. The fourth-order valence-electron chi connectivity index (χ4n) is 1.31. The first-order chi connectivity index (χ1) is 9.44. The molecular weight excluding hydrogens is 274 g/mol. The number of esters is 1. The second kappa shape index (κ2) is 8.00. The summed E-state index contributed by atoms with van der Waals surface area (Å²) in [4.78, 5) is 36.5. The van der Waals surface area contributed by atoms with E-state index in [4.69, 9.17) is 9.47 Å². The lowest BCUT2D eigenvalue weighted by molar-refractivity contribution is -0.147. The zero-order valence-electron chi connectivity index (χ0n) is 14.1. The Morgan fingerprint density at radius 2 is 1.62 bits per heavy atom. The van der Waals surface area contributed by atoms with Crippen molar-refractivity contribution in [2.24, 2.45) is 5.92 Å². The van der Waals surface area contributed by atoms with Crippen LogP contribution in [-0.4, -0.2) is 48.0 Å². The molecule has 0 radical (unpaired) electrons. The first-order valence-corrected chi connectivity index (χ1v) is 7.08. The molecule has 1 amide bonds. The van der Waals surface area contributed by atoms with Gasteiger partial charge in [-0.05, 0) is 33.6 Å². The molecule has 0 aromatic carbocycles. The van der Waals surface area contributed by atoms with Crippen molar-refractivity contribution < 1.29 is 23.9 Å². The highest BCUT2D eigenvalue weighted by molar-refractivity contribution is 5.99. The highest BCUT2D eigenvalue weighted by atomic mass is 16.6. The van der Waals surface area contributed by atoms with Crippen molar-refractivity contribution in [3.63, 3.8) is 0 Å². The van der Waals surface area contributed by atoms with E-state index >= 15 is 0 Å². The number of nitrogens with zero attached hydrogens (tertiary/aromatic N) is 1. The van der Waals surface area contributed by atoms with Crippen molar-refractivity contribution in [3.05, 3.63) is 0 Å². The monoisotopic (exact) mass is 301 g/mol. The minimum absolute atomic E-state index is 0.214. The van der Waals surface area contributed by atoms with Crippen LogP contribution < -0.4 is 0 Å². The number of rotatable bonds is 6. The minimum Gasteiger partial charge on any atom is -0.465 e. The van der Waals surface area contributed by atoms with Crippen molar-refractivity contribution in [2.75, 3.05) is 13.7 Å². The van der Waals surface area contributed by atoms with E-state index in [1.165, 1.54) is 11.9 Å². The third-order valence-corrected chi connectivity index (χ3v) is 2.62. The van der Waals surface area contributed by atoms with Gasteiger partial charge in [0, 0.05) is 7.05 Å². The smallest absolute Gasteiger partial charge is 0.410 e. The van der Waals surface area contributed by atoms with Crippen LogP contribution in [0.15, 0.2) is 0 Å². The van der Waals surface area contributed by atoms with Gasteiger partial charge in [0.05, 0.1) is 12.6 Å². The molecule has 0 unspecified atom stereocenters. The van der Waals surface area contributed by atoms with E-state index in [2.05, 4.69) is 0 Å². The van der Waals surface area contributed by atoms with Gasteiger partial charge in [-0.3, -0.25) is 9.59 Å². The lowest BCUT2D eigenvalue weighted by Crippen LogP contribution is -2.43. The number of amides is 1. The Labute approximate surface area is 126 Å². The summed E-state index contributed by atoms with van der Waals surface area (Å²) in [7, 11) is 1.47. The molecule has 1 atom stereocenters. The van der Waals surface area contributed by atoms with Crippen molar-refractivity contribution in [2.45, 2.75) is 59.6 Å². The molecule has 0 aromatic heterocycles. The molecule has 0 aliphatic rings. The molecule has 0 N–H and O–H groups in total. The van der Waals surface area contributed by atoms with Crippen molar-refractivity contribution in [1.29, 1.82) is 0 Å². The number of Topliss-reactive ketones (excluding diaryl/α,β-unsaturated/α-hetero) is 1. The largest absolute Gasteiger partial charge is 0.465 e. The first kappa shape index (κ1) is 19.4. The molecule has 0 saturated carbocycles. The van der Waals surface area contributed by atoms with Crippen LogP contribution >= 0.6 is 0 Å². The molecule has 6 nitrogen and oxygen atoms in total. The molecule has 0 rings (SSSR count). The van der Waals surface area contributed by atoms with E-state index in [9.17, 15) is 14.4 Å².